The highest BCUT2D eigenvalue weighted by atomic mass is 32.2. The van der Waals surface area contributed by atoms with E-state index < -0.39 is 28.0 Å². The van der Waals surface area contributed by atoms with Gasteiger partial charge in [0.1, 0.15) is 6.04 Å². The number of sulfonamides is 1. The zero-order chi connectivity index (χ0) is 18.7. The Balaban J connectivity index is 1.69. The van der Waals surface area contributed by atoms with Crippen LogP contribution in [0.25, 0.3) is 0 Å². The molecular weight excluding hydrogens is 356 g/mol. The van der Waals surface area contributed by atoms with Crippen LogP contribution in [0.1, 0.15) is 31.2 Å². The summed E-state index contributed by atoms with van der Waals surface area (Å²) >= 11 is 0. The number of carboxylic acids is 1. The molecule has 0 radical (unpaired) electrons. The molecule has 1 amide bonds. The second-order valence-corrected chi connectivity index (χ2v) is 8.94. The SMILES string of the molecule is O=C(O)C1CCCN1C(=O)C1CCCN(S(=O)(=O)Cc2ccccc2)C1. The van der Waals surface area contributed by atoms with Gasteiger partial charge in [0.05, 0.1) is 11.7 Å². The summed E-state index contributed by atoms with van der Waals surface area (Å²) in [6.45, 7) is 0.973. The van der Waals surface area contributed by atoms with Gasteiger partial charge in [-0.1, -0.05) is 30.3 Å². The molecule has 0 spiro atoms. The monoisotopic (exact) mass is 380 g/mol. The highest BCUT2D eigenvalue weighted by Gasteiger charge is 2.40. The summed E-state index contributed by atoms with van der Waals surface area (Å²) in [5, 5.41) is 9.28. The van der Waals surface area contributed by atoms with Crippen molar-refractivity contribution in [3.8, 4) is 0 Å². The summed E-state index contributed by atoms with van der Waals surface area (Å²) in [4.78, 5) is 25.5. The van der Waals surface area contributed by atoms with Crippen molar-refractivity contribution in [3.05, 3.63) is 35.9 Å². The summed E-state index contributed by atoms with van der Waals surface area (Å²) in [6.07, 6.45) is 2.34. The lowest BCUT2D eigenvalue weighted by Crippen LogP contribution is -2.49. The zero-order valence-corrected chi connectivity index (χ0v) is 15.4. The van der Waals surface area contributed by atoms with Crippen molar-refractivity contribution < 1.29 is 23.1 Å². The average Bonchev–Trinajstić information content (AvgIpc) is 3.12. The van der Waals surface area contributed by atoms with Gasteiger partial charge >= 0.3 is 5.97 Å². The summed E-state index contributed by atoms with van der Waals surface area (Å²) < 4.78 is 26.8. The average molecular weight is 380 g/mol. The minimum atomic E-state index is -3.51. The van der Waals surface area contributed by atoms with E-state index in [1.54, 1.807) is 24.3 Å². The van der Waals surface area contributed by atoms with Crippen LogP contribution >= 0.6 is 0 Å². The zero-order valence-electron chi connectivity index (χ0n) is 14.6. The number of rotatable bonds is 5. The molecule has 2 fully saturated rings. The first-order valence-electron chi connectivity index (χ1n) is 8.93. The van der Waals surface area contributed by atoms with Crippen LogP contribution in [0, 0.1) is 5.92 Å². The maximum Gasteiger partial charge on any atom is 0.326 e. The third-order valence-corrected chi connectivity index (χ3v) is 6.96. The molecule has 0 aliphatic carbocycles. The molecule has 2 atom stereocenters. The number of nitrogens with zero attached hydrogens (tertiary/aromatic N) is 2. The summed E-state index contributed by atoms with van der Waals surface area (Å²) in [6, 6.07) is 8.19. The fourth-order valence-corrected chi connectivity index (χ4v) is 5.41. The Morgan fingerprint density at radius 3 is 2.46 bits per heavy atom. The molecule has 3 rings (SSSR count). The molecule has 1 N–H and O–H groups in total. The van der Waals surface area contributed by atoms with Crippen molar-refractivity contribution in [1.82, 2.24) is 9.21 Å². The molecule has 7 nitrogen and oxygen atoms in total. The standard InChI is InChI=1S/C18H24N2O5S/c21-17(20-11-5-9-16(20)18(22)23)15-8-4-10-19(12-15)26(24,25)13-14-6-2-1-3-7-14/h1-3,6-7,15-16H,4-5,8-13H2,(H,22,23). The second kappa shape index (κ2) is 7.75. The van der Waals surface area contributed by atoms with Gasteiger partial charge in [0.25, 0.3) is 0 Å². The molecule has 1 aromatic rings. The summed E-state index contributed by atoms with van der Waals surface area (Å²) in [5.41, 5.74) is 0.714. The molecule has 2 aliphatic rings. The molecule has 8 heteroatoms. The van der Waals surface area contributed by atoms with Crippen molar-refractivity contribution in [2.24, 2.45) is 5.92 Å². The molecule has 0 aromatic heterocycles. The Kier molecular flexibility index (Phi) is 5.62. The van der Waals surface area contributed by atoms with E-state index >= 15 is 0 Å². The molecule has 2 aliphatic heterocycles. The van der Waals surface area contributed by atoms with Crippen LogP contribution in [-0.4, -0.2) is 60.3 Å². The Morgan fingerprint density at radius 1 is 1.08 bits per heavy atom. The van der Waals surface area contributed by atoms with Gasteiger partial charge in [0.2, 0.25) is 15.9 Å². The molecule has 1 aromatic carbocycles. The fourth-order valence-electron chi connectivity index (χ4n) is 3.79. The number of benzene rings is 1. The highest BCUT2D eigenvalue weighted by molar-refractivity contribution is 7.88. The van der Waals surface area contributed by atoms with E-state index in [4.69, 9.17) is 0 Å². The molecule has 2 saturated heterocycles. The number of piperidine rings is 1. The van der Waals surface area contributed by atoms with Gasteiger partial charge in [-0.3, -0.25) is 4.79 Å². The topological polar surface area (TPSA) is 95.0 Å². The molecule has 2 heterocycles. The van der Waals surface area contributed by atoms with Crippen LogP contribution in [0.5, 0.6) is 0 Å². The largest absolute Gasteiger partial charge is 0.480 e. The maximum absolute atomic E-state index is 12.8. The quantitative estimate of drug-likeness (QED) is 0.831. The number of hydrogen-bond donors (Lipinski definition) is 1. The van der Waals surface area contributed by atoms with Crippen LogP contribution in [0.2, 0.25) is 0 Å². The Bertz CT molecular complexity index is 765. The van der Waals surface area contributed by atoms with Crippen molar-refractivity contribution in [1.29, 1.82) is 0 Å². The predicted molar refractivity (Wildman–Crippen MR) is 95.7 cm³/mol. The molecule has 0 bridgehead atoms. The van der Waals surface area contributed by atoms with Gasteiger partial charge in [0.15, 0.2) is 0 Å². The number of carbonyl (C=O) groups excluding carboxylic acids is 1. The number of carbonyl (C=O) groups is 2. The maximum atomic E-state index is 12.8. The first-order chi connectivity index (χ1) is 12.4. The van der Waals surface area contributed by atoms with Crippen LogP contribution in [-0.2, 0) is 25.4 Å². The van der Waals surface area contributed by atoms with E-state index in [2.05, 4.69) is 0 Å². The first kappa shape index (κ1) is 18.8. The van der Waals surface area contributed by atoms with E-state index in [0.717, 1.165) is 0 Å². The van der Waals surface area contributed by atoms with Gasteiger partial charge < -0.3 is 10.0 Å². The van der Waals surface area contributed by atoms with E-state index in [1.165, 1.54) is 9.21 Å². The number of hydrogen-bond acceptors (Lipinski definition) is 4. The summed E-state index contributed by atoms with van der Waals surface area (Å²) in [5.74, 6) is -1.76. The molecule has 142 valence electrons. The number of amides is 1. The molecular formula is C18H24N2O5S. The van der Waals surface area contributed by atoms with E-state index in [-0.39, 0.29) is 18.2 Å². The smallest absolute Gasteiger partial charge is 0.326 e. The van der Waals surface area contributed by atoms with Gasteiger partial charge in [-0.15, -0.1) is 0 Å². The highest BCUT2D eigenvalue weighted by Crippen LogP contribution is 2.26. The van der Waals surface area contributed by atoms with E-state index in [1.807, 2.05) is 6.07 Å². The Morgan fingerprint density at radius 2 is 1.77 bits per heavy atom. The Labute approximate surface area is 153 Å². The third-order valence-electron chi connectivity index (χ3n) is 5.14. The molecule has 2 unspecified atom stereocenters. The van der Waals surface area contributed by atoms with Gasteiger partial charge in [0, 0.05) is 19.6 Å². The van der Waals surface area contributed by atoms with Crippen LogP contribution in [0.15, 0.2) is 30.3 Å². The number of aliphatic carboxylic acids is 1. The lowest BCUT2D eigenvalue weighted by molar-refractivity contribution is -0.150. The number of likely N-dealkylation sites (tertiary alicyclic amines) is 1. The molecule has 26 heavy (non-hydrogen) atoms. The lowest BCUT2D eigenvalue weighted by Gasteiger charge is -2.34. The van der Waals surface area contributed by atoms with Crippen LogP contribution in [0.3, 0.4) is 0 Å². The predicted octanol–water partition coefficient (Wildman–Crippen LogP) is 1.30. The lowest BCUT2D eigenvalue weighted by atomic mass is 9.97. The Hall–Kier alpha value is -1.93. The van der Waals surface area contributed by atoms with Gasteiger partial charge in [-0.05, 0) is 31.2 Å². The van der Waals surface area contributed by atoms with Crippen LogP contribution in [0.4, 0.5) is 0 Å². The minimum Gasteiger partial charge on any atom is -0.480 e. The third kappa shape index (κ3) is 4.07. The second-order valence-electron chi connectivity index (χ2n) is 6.97. The van der Waals surface area contributed by atoms with E-state index in [0.29, 0.717) is 44.3 Å². The molecule has 0 saturated carbocycles. The van der Waals surface area contributed by atoms with Crippen molar-refractivity contribution >= 4 is 21.9 Å². The van der Waals surface area contributed by atoms with Crippen molar-refractivity contribution in [2.75, 3.05) is 19.6 Å². The normalized spacial score (nSPS) is 24.5. The van der Waals surface area contributed by atoms with Crippen molar-refractivity contribution in [2.45, 2.75) is 37.5 Å². The van der Waals surface area contributed by atoms with E-state index in [9.17, 15) is 23.1 Å². The summed E-state index contributed by atoms with van der Waals surface area (Å²) in [7, 11) is -3.51. The van der Waals surface area contributed by atoms with Gasteiger partial charge in [-0.2, -0.15) is 0 Å². The van der Waals surface area contributed by atoms with Crippen LogP contribution < -0.4 is 0 Å². The van der Waals surface area contributed by atoms with Gasteiger partial charge in [-0.25, -0.2) is 17.5 Å². The van der Waals surface area contributed by atoms with Crippen molar-refractivity contribution in [3.63, 3.8) is 0 Å². The first-order valence-corrected chi connectivity index (χ1v) is 10.5. The minimum absolute atomic E-state index is 0.0871. The number of carboxylic acid groups (broad SMARTS) is 1. The fraction of sp³-hybridized carbons (Fsp3) is 0.556.